The number of carbonyl (C=O) groups is 1. The normalized spacial score (nSPS) is 9.73. The first kappa shape index (κ1) is 11.4. The van der Waals surface area contributed by atoms with E-state index in [0.29, 0.717) is 0 Å². The van der Waals surface area contributed by atoms with Gasteiger partial charge in [0.2, 0.25) is 0 Å². The fourth-order valence-electron chi connectivity index (χ4n) is 1.02. The third-order valence-electron chi connectivity index (χ3n) is 1.74. The number of rotatable bonds is 4. The van der Waals surface area contributed by atoms with Gasteiger partial charge in [-0.1, -0.05) is 18.7 Å². The lowest BCUT2D eigenvalue weighted by Crippen LogP contribution is -2.09. The van der Waals surface area contributed by atoms with Gasteiger partial charge in [-0.2, -0.15) is 0 Å². The zero-order chi connectivity index (χ0) is 11.3. The number of hydrogen-bond acceptors (Lipinski definition) is 2. The molecule has 0 unspecified atom stereocenters. The molecule has 0 aliphatic heterocycles. The Bertz CT molecular complexity index is 354. The topological polar surface area (TPSA) is 26.3 Å². The summed E-state index contributed by atoms with van der Waals surface area (Å²) in [5, 5.41) is 0. The fourth-order valence-corrected chi connectivity index (χ4v) is 1.02. The van der Waals surface area contributed by atoms with Crippen LogP contribution in [0.2, 0.25) is 0 Å². The molecule has 1 rings (SSSR count). The third-order valence-corrected chi connectivity index (χ3v) is 1.74. The van der Waals surface area contributed by atoms with Crippen LogP contribution in [0.5, 0.6) is 0 Å². The largest absolute Gasteiger partial charge is 0.461 e. The van der Waals surface area contributed by atoms with Crippen molar-refractivity contribution in [1.82, 2.24) is 0 Å². The van der Waals surface area contributed by atoms with Gasteiger partial charge in [-0.15, -0.1) is 0 Å². The van der Waals surface area contributed by atoms with E-state index in [1.807, 2.05) is 0 Å². The van der Waals surface area contributed by atoms with Crippen molar-refractivity contribution in [2.24, 2.45) is 0 Å². The second-order valence-electron chi connectivity index (χ2n) is 3.42. The number of halogens is 1. The molecule has 1 aromatic rings. The van der Waals surface area contributed by atoms with Crippen molar-refractivity contribution in [2.75, 3.05) is 6.61 Å². The molecule has 3 heteroatoms. The van der Waals surface area contributed by atoms with Crippen molar-refractivity contribution < 1.29 is 13.9 Å². The molecule has 0 radical (unpaired) electrons. The zero-order valence-corrected chi connectivity index (χ0v) is 8.63. The highest BCUT2D eigenvalue weighted by Crippen LogP contribution is 2.04. The maximum atomic E-state index is 12.6. The van der Waals surface area contributed by atoms with E-state index < -0.39 is 0 Å². The van der Waals surface area contributed by atoms with Crippen molar-refractivity contribution in [3.8, 4) is 0 Å². The predicted molar refractivity (Wildman–Crippen MR) is 55.9 cm³/mol. The van der Waals surface area contributed by atoms with Crippen LogP contribution in [0, 0.1) is 5.82 Å². The summed E-state index contributed by atoms with van der Waals surface area (Å²) in [6.45, 7) is 5.64. The molecule has 0 fully saturated rings. The van der Waals surface area contributed by atoms with Gasteiger partial charge in [0.1, 0.15) is 12.4 Å². The van der Waals surface area contributed by atoms with E-state index in [9.17, 15) is 9.18 Å². The lowest BCUT2D eigenvalue weighted by atomic mass is 10.1. The van der Waals surface area contributed by atoms with Crippen molar-refractivity contribution >= 4 is 5.97 Å². The van der Waals surface area contributed by atoms with E-state index in [2.05, 4.69) is 6.58 Å². The Morgan fingerprint density at radius 1 is 1.40 bits per heavy atom. The highest BCUT2D eigenvalue weighted by Gasteiger charge is 2.04. The second kappa shape index (κ2) is 5.29. The molecule has 0 saturated carbocycles. The van der Waals surface area contributed by atoms with Gasteiger partial charge in [-0.25, -0.2) is 4.39 Å². The van der Waals surface area contributed by atoms with E-state index in [1.54, 1.807) is 19.1 Å². The standard InChI is InChI=1S/C12H13FO2/c1-9(2)8-15-12(14)7-10-3-5-11(13)6-4-10/h3-6H,1,7-8H2,2H3. The minimum Gasteiger partial charge on any atom is -0.461 e. The lowest BCUT2D eigenvalue weighted by Gasteiger charge is -2.04. The Kier molecular flexibility index (Phi) is 4.03. The maximum absolute atomic E-state index is 12.6. The Morgan fingerprint density at radius 2 is 2.00 bits per heavy atom. The summed E-state index contributed by atoms with van der Waals surface area (Å²) in [7, 11) is 0. The van der Waals surface area contributed by atoms with Gasteiger partial charge in [0.15, 0.2) is 0 Å². The van der Waals surface area contributed by atoms with Gasteiger partial charge >= 0.3 is 5.97 Å². The monoisotopic (exact) mass is 208 g/mol. The van der Waals surface area contributed by atoms with Gasteiger partial charge in [0.25, 0.3) is 0 Å². The van der Waals surface area contributed by atoms with Crippen LogP contribution in [0.1, 0.15) is 12.5 Å². The molecule has 0 N–H and O–H groups in total. The fraction of sp³-hybridized carbons (Fsp3) is 0.250. The predicted octanol–water partition coefficient (Wildman–Crippen LogP) is 2.49. The van der Waals surface area contributed by atoms with Crippen LogP contribution in [0.4, 0.5) is 4.39 Å². The summed E-state index contributed by atoms with van der Waals surface area (Å²) in [6.07, 6.45) is 0.160. The summed E-state index contributed by atoms with van der Waals surface area (Å²) in [4.78, 5) is 11.2. The number of hydrogen-bond donors (Lipinski definition) is 0. The van der Waals surface area contributed by atoms with Crippen LogP contribution in [0.3, 0.4) is 0 Å². The van der Waals surface area contributed by atoms with Crippen LogP contribution in [0.15, 0.2) is 36.4 Å². The molecule has 1 aromatic carbocycles. The number of esters is 1. The molecule has 0 bridgehead atoms. The van der Waals surface area contributed by atoms with Crippen LogP contribution in [-0.2, 0) is 16.0 Å². The average molecular weight is 208 g/mol. The summed E-state index contributed by atoms with van der Waals surface area (Å²) in [5.74, 6) is -0.640. The summed E-state index contributed by atoms with van der Waals surface area (Å²) < 4.78 is 17.5. The van der Waals surface area contributed by atoms with E-state index in [0.717, 1.165) is 11.1 Å². The Hall–Kier alpha value is -1.64. The van der Waals surface area contributed by atoms with Gasteiger partial charge in [0.05, 0.1) is 6.42 Å². The van der Waals surface area contributed by atoms with Crippen molar-refractivity contribution in [3.63, 3.8) is 0 Å². The summed E-state index contributed by atoms with van der Waals surface area (Å²) >= 11 is 0. The Balaban J connectivity index is 2.44. The Labute approximate surface area is 88.4 Å². The molecule has 0 amide bonds. The van der Waals surface area contributed by atoms with Crippen LogP contribution in [-0.4, -0.2) is 12.6 Å². The van der Waals surface area contributed by atoms with Gasteiger partial charge in [0, 0.05) is 0 Å². The van der Waals surface area contributed by atoms with Gasteiger partial charge in [-0.05, 0) is 30.2 Å². The average Bonchev–Trinajstić information content (AvgIpc) is 2.19. The third kappa shape index (κ3) is 4.40. The number of benzene rings is 1. The van der Waals surface area contributed by atoms with Crippen LogP contribution >= 0.6 is 0 Å². The molecular formula is C12H13FO2. The van der Waals surface area contributed by atoms with E-state index in [4.69, 9.17) is 4.74 Å². The minimum atomic E-state index is -0.329. The number of ether oxygens (including phenoxy) is 1. The SMILES string of the molecule is C=C(C)COC(=O)Cc1ccc(F)cc1. The smallest absolute Gasteiger partial charge is 0.310 e. The zero-order valence-electron chi connectivity index (χ0n) is 8.63. The molecule has 80 valence electrons. The molecule has 0 aromatic heterocycles. The van der Waals surface area contributed by atoms with Crippen LogP contribution < -0.4 is 0 Å². The molecular weight excluding hydrogens is 195 g/mol. The van der Waals surface area contributed by atoms with Crippen molar-refractivity contribution in [3.05, 3.63) is 47.8 Å². The van der Waals surface area contributed by atoms with Crippen LogP contribution in [0.25, 0.3) is 0 Å². The van der Waals surface area contributed by atoms with E-state index >= 15 is 0 Å². The molecule has 0 spiro atoms. The first-order valence-electron chi connectivity index (χ1n) is 4.62. The van der Waals surface area contributed by atoms with E-state index in [1.165, 1.54) is 12.1 Å². The molecule has 15 heavy (non-hydrogen) atoms. The summed E-state index contributed by atoms with van der Waals surface area (Å²) in [5.41, 5.74) is 1.53. The van der Waals surface area contributed by atoms with Gasteiger partial charge < -0.3 is 4.74 Å². The molecule has 0 heterocycles. The molecule has 0 atom stereocenters. The molecule has 0 aliphatic rings. The second-order valence-corrected chi connectivity index (χ2v) is 3.42. The minimum absolute atomic E-state index is 0.160. The quantitative estimate of drug-likeness (QED) is 0.561. The molecule has 0 saturated heterocycles. The maximum Gasteiger partial charge on any atom is 0.310 e. The molecule has 2 nitrogen and oxygen atoms in total. The number of carbonyl (C=O) groups excluding carboxylic acids is 1. The van der Waals surface area contributed by atoms with Gasteiger partial charge in [-0.3, -0.25) is 4.79 Å². The van der Waals surface area contributed by atoms with Crippen molar-refractivity contribution in [2.45, 2.75) is 13.3 Å². The lowest BCUT2D eigenvalue weighted by molar-refractivity contribution is -0.141. The Morgan fingerprint density at radius 3 is 2.53 bits per heavy atom. The van der Waals surface area contributed by atoms with E-state index in [-0.39, 0.29) is 24.8 Å². The highest BCUT2D eigenvalue weighted by molar-refractivity contribution is 5.72. The summed E-state index contributed by atoms with van der Waals surface area (Å²) in [6, 6.07) is 5.78. The van der Waals surface area contributed by atoms with Crippen molar-refractivity contribution in [1.29, 1.82) is 0 Å². The molecule has 0 aliphatic carbocycles. The first-order chi connectivity index (χ1) is 7.08. The highest BCUT2D eigenvalue weighted by atomic mass is 19.1. The first-order valence-corrected chi connectivity index (χ1v) is 4.62.